The first-order chi connectivity index (χ1) is 12.2. The molecule has 0 aliphatic carbocycles. The van der Waals surface area contributed by atoms with Gasteiger partial charge in [0, 0.05) is 18.0 Å². The van der Waals surface area contributed by atoms with Crippen LogP contribution in [-0.4, -0.2) is 30.0 Å². The molecule has 1 N–H and O–H groups in total. The van der Waals surface area contributed by atoms with Gasteiger partial charge in [-0.2, -0.15) is 0 Å². The summed E-state index contributed by atoms with van der Waals surface area (Å²) in [5.74, 6) is 2.43. The second-order valence-corrected chi connectivity index (χ2v) is 7.20. The molecule has 0 bridgehead atoms. The number of carbonyl (C=O) groups is 1. The van der Waals surface area contributed by atoms with Crippen LogP contribution in [0.15, 0.2) is 42.5 Å². The number of carbonyl (C=O) groups excluding carboxylic acids is 1. The summed E-state index contributed by atoms with van der Waals surface area (Å²) < 4.78 is 10.8. The molecule has 25 heavy (non-hydrogen) atoms. The number of benzene rings is 2. The fourth-order valence-electron chi connectivity index (χ4n) is 3.04. The average molecular weight is 356 g/mol. The maximum Gasteiger partial charge on any atom is 0.323 e. The van der Waals surface area contributed by atoms with Gasteiger partial charge in [-0.3, -0.25) is 0 Å². The van der Waals surface area contributed by atoms with Crippen molar-refractivity contribution in [2.24, 2.45) is 0 Å². The Kier molecular flexibility index (Phi) is 4.44. The lowest BCUT2D eigenvalue weighted by Crippen LogP contribution is -2.34. The molecule has 0 aromatic heterocycles. The van der Waals surface area contributed by atoms with Crippen molar-refractivity contribution in [3.05, 3.63) is 53.6 Å². The van der Waals surface area contributed by atoms with E-state index in [1.165, 1.54) is 5.56 Å². The zero-order chi connectivity index (χ0) is 17.2. The molecule has 2 aromatic carbocycles. The maximum atomic E-state index is 12.7. The van der Waals surface area contributed by atoms with E-state index in [0.717, 1.165) is 41.5 Å². The van der Waals surface area contributed by atoms with Crippen molar-refractivity contribution in [2.45, 2.75) is 18.7 Å². The van der Waals surface area contributed by atoms with Crippen LogP contribution < -0.4 is 14.8 Å². The fraction of sp³-hybridized carbons (Fsp3) is 0.316. The summed E-state index contributed by atoms with van der Waals surface area (Å²) >= 11 is 1.76. The average Bonchev–Trinajstić information content (AvgIpc) is 3.30. The Labute approximate surface area is 151 Å². The van der Waals surface area contributed by atoms with Gasteiger partial charge in [0.05, 0.1) is 0 Å². The summed E-state index contributed by atoms with van der Waals surface area (Å²) in [5, 5.41) is 3.00. The van der Waals surface area contributed by atoms with Gasteiger partial charge >= 0.3 is 6.03 Å². The summed E-state index contributed by atoms with van der Waals surface area (Å²) in [6.07, 6.45) is 0.989. The standard InChI is InChI=1S/C19H20N2O3S/c1-2-13-3-6-15(7-4-13)20-19(22)21-9-10-25-18(21)14-5-8-16-17(11-14)24-12-23-16/h3-8,11,18H,2,9-10,12H2,1H3,(H,20,22)/t18-/m1/s1. The molecule has 2 aliphatic rings. The van der Waals surface area contributed by atoms with Crippen molar-refractivity contribution >= 4 is 23.5 Å². The van der Waals surface area contributed by atoms with E-state index < -0.39 is 0 Å². The normalized spacial score (nSPS) is 18.4. The van der Waals surface area contributed by atoms with Gasteiger partial charge in [0.15, 0.2) is 11.5 Å². The molecule has 6 heteroatoms. The monoisotopic (exact) mass is 356 g/mol. The lowest BCUT2D eigenvalue weighted by atomic mass is 10.1. The van der Waals surface area contributed by atoms with Crippen LogP contribution in [-0.2, 0) is 6.42 Å². The lowest BCUT2D eigenvalue weighted by molar-refractivity contribution is 0.174. The minimum absolute atomic E-state index is 0.00980. The van der Waals surface area contributed by atoms with E-state index in [0.29, 0.717) is 0 Å². The lowest BCUT2D eigenvalue weighted by Gasteiger charge is -2.24. The van der Waals surface area contributed by atoms with Crippen LogP contribution in [0.5, 0.6) is 11.5 Å². The number of hydrogen-bond acceptors (Lipinski definition) is 4. The number of anilines is 1. The number of hydrogen-bond donors (Lipinski definition) is 1. The minimum atomic E-state index is -0.0723. The van der Waals surface area contributed by atoms with E-state index in [1.54, 1.807) is 11.8 Å². The Balaban J connectivity index is 1.49. The number of urea groups is 1. The third kappa shape index (κ3) is 3.26. The summed E-state index contributed by atoms with van der Waals surface area (Å²) in [7, 11) is 0. The summed E-state index contributed by atoms with van der Waals surface area (Å²) in [6.45, 7) is 3.10. The Morgan fingerprint density at radius 2 is 2.00 bits per heavy atom. The predicted molar refractivity (Wildman–Crippen MR) is 99.3 cm³/mol. The quantitative estimate of drug-likeness (QED) is 0.893. The van der Waals surface area contributed by atoms with Crippen molar-refractivity contribution in [3.63, 3.8) is 0 Å². The molecule has 0 unspecified atom stereocenters. The highest BCUT2D eigenvalue weighted by Gasteiger charge is 2.31. The molecule has 2 heterocycles. The van der Waals surface area contributed by atoms with Crippen LogP contribution >= 0.6 is 11.8 Å². The van der Waals surface area contributed by atoms with Crippen molar-refractivity contribution in [1.82, 2.24) is 4.90 Å². The van der Waals surface area contributed by atoms with Crippen LogP contribution in [0.2, 0.25) is 0 Å². The van der Waals surface area contributed by atoms with Crippen LogP contribution in [0.3, 0.4) is 0 Å². The first kappa shape index (κ1) is 16.1. The molecule has 0 spiro atoms. The molecule has 1 atom stereocenters. The van der Waals surface area contributed by atoms with Gasteiger partial charge in [0.25, 0.3) is 0 Å². The van der Waals surface area contributed by atoms with E-state index in [9.17, 15) is 4.79 Å². The Morgan fingerprint density at radius 3 is 2.80 bits per heavy atom. The molecule has 0 saturated carbocycles. The highest BCUT2D eigenvalue weighted by atomic mass is 32.2. The minimum Gasteiger partial charge on any atom is -0.454 e. The SMILES string of the molecule is CCc1ccc(NC(=O)N2CCS[C@@H]2c2ccc3c(c2)OCO3)cc1. The fourth-order valence-corrected chi connectivity index (χ4v) is 4.29. The second-order valence-electron chi connectivity index (χ2n) is 6.01. The van der Waals surface area contributed by atoms with Crippen molar-refractivity contribution in [1.29, 1.82) is 0 Å². The van der Waals surface area contributed by atoms with Crippen LogP contribution in [0.1, 0.15) is 23.4 Å². The molecule has 0 radical (unpaired) electrons. The van der Waals surface area contributed by atoms with E-state index in [-0.39, 0.29) is 18.2 Å². The summed E-state index contributed by atoms with van der Waals surface area (Å²) in [6, 6.07) is 13.8. The largest absolute Gasteiger partial charge is 0.454 e. The van der Waals surface area contributed by atoms with Crippen molar-refractivity contribution < 1.29 is 14.3 Å². The number of ether oxygens (including phenoxy) is 2. The highest BCUT2D eigenvalue weighted by molar-refractivity contribution is 7.99. The molecule has 4 rings (SSSR count). The van der Waals surface area contributed by atoms with Gasteiger partial charge in [-0.25, -0.2) is 4.79 Å². The van der Waals surface area contributed by atoms with Gasteiger partial charge in [0.2, 0.25) is 6.79 Å². The first-order valence-corrected chi connectivity index (χ1v) is 9.47. The Hall–Kier alpha value is -2.34. The smallest absolute Gasteiger partial charge is 0.323 e. The third-order valence-electron chi connectivity index (χ3n) is 4.45. The second kappa shape index (κ2) is 6.88. The van der Waals surface area contributed by atoms with E-state index in [1.807, 2.05) is 47.4 Å². The number of nitrogens with one attached hydrogen (secondary N) is 1. The predicted octanol–water partition coefficient (Wildman–Crippen LogP) is 4.26. The van der Waals surface area contributed by atoms with Gasteiger partial charge in [-0.1, -0.05) is 25.1 Å². The maximum absolute atomic E-state index is 12.7. The van der Waals surface area contributed by atoms with Gasteiger partial charge in [-0.15, -0.1) is 11.8 Å². The van der Waals surface area contributed by atoms with E-state index in [2.05, 4.69) is 12.2 Å². The van der Waals surface area contributed by atoms with Gasteiger partial charge in [0.1, 0.15) is 5.37 Å². The number of amides is 2. The third-order valence-corrected chi connectivity index (χ3v) is 5.71. The first-order valence-electron chi connectivity index (χ1n) is 8.42. The number of thioether (sulfide) groups is 1. The van der Waals surface area contributed by atoms with Crippen LogP contribution in [0.4, 0.5) is 10.5 Å². The molecule has 5 nitrogen and oxygen atoms in total. The molecule has 1 fully saturated rings. The van der Waals surface area contributed by atoms with Crippen LogP contribution in [0, 0.1) is 0 Å². The van der Waals surface area contributed by atoms with Crippen molar-refractivity contribution in [3.8, 4) is 11.5 Å². The summed E-state index contributed by atoms with van der Waals surface area (Å²) in [4.78, 5) is 14.6. The zero-order valence-corrected chi connectivity index (χ0v) is 14.8. The van der Waals surface area contributed by atoms with Gasteiger partial charge in [-0.05, 0) is 41.8 Å². The highest BCUT2D eigenvalue weighted by Crippen LogP contribution is 2.42. The van der Waals surface area contributed by atoms with Gasteiger partial charge < -0.3 is 19.7 Å². The van der Waals surface area contributed by atoms with Crippen molar-refractivity contribution in [2.75, 3.05) is 24.4 Å². The number of rotatable bonds is 3. The summed E-state index contributed by atoms with van der Waals surface area (Å²) in [5.41, 5.74) is 3.14. The molecular formula is C19H20N2O3S. The molecule has 2 aliphatic heterocycles. The molecule has 2 amide bonds. The van der Waals surface area contributed by atoms with E-state index in [4.69, 9.17) is 9.47 Å². The van der Waals surface area contributed by atoms with Crippen LogP contribution in [0.25, 0.3) is 0 Å². The van der Waals surface area contributed by atoms with E-state index >= 15 is 0 Å². The molecule has 2 aromatic rings. The topological polar surface area (TPSA) is 50.8 Å². The Morgan fingerprint density at radius 1 is 1.20 bits per heavy atom. The Bertz CT molecular complexity index is 779. The molecule has 1 saturated heterocycles. The molecule has 130 valence electrons. The number of fused-ring (bicyclic) bond motifs is 1. The zero-order valence-electron chi connectivity index (χ0n) is 14.0. The number of aryl methyl sites for hydroxylation is 1. The molecular weight excluding hydrogens is 336 g/mol. The number of nitrogens with zero attached hydrogens (tertiary/aromatic N) is 1.